The largest absolute Gasteiger partial charge is 0.497 e. The van der Waals surface area contributed by atoms with Crippen LogP contribution in [0.3, 0.4) is 0 Å². The average molecular weight is 381 g/mol. The summed E-state index contributed by atoms with van der Waals surface area (Å²) in [5.41, 5.74) is 1.01. The van der Waals surface area contributed by atoms with Gasteiger partial charge in [-0.25, -0.2) is 4.79 Å². The highest BCUT2D eigenvalue weighted by molar-refractivity contribution is 6.10. The summed E-state index contributed by atoms with van der Waals surface area (Å²) in [7, 11) is 1.56. The number of rotatable bonds is 6. The number of nitrogens with one attached hydrogen (secondary N) is 2. The van der Waals surface area contributed by atoms with Crippen molar-refractivity contribution in [3.8, 4) is 5.75 Å². The Morgan fingerprint density at radius 3 is 2.43 bits per heavy atom. The molecule has 2 aromatic carbocycles. The van der Waals surface area contributed by atoms with E-state index in [1.807, 2.05) is 32.0 Å². The van der Waals surface area contributed by atoms with E-state index in [2.05, 4.69) is 10.6 Å². The molecule has 2 aromatic rings. The zero-order valence-electron chi connectivity index (χ0n) is 16.1. The fraction of sp³-hybridized carbons (Fsp3) is 0.286. The van der Waals surface area contributed by atoms with Crippen LogP contribution in [0.1, 0.15) is 24.5 Å². The van der Waals surface area contributed by atoms with E-state index in [-0.39, 0.29) is 6.54 Å². The summed E-state index contributed by atoms with van der Waals surface area (Å²) in [6, 6.07) is 13.7. The Balaban J connectivity index is 1.79. The number of urea groups is 1. The van der Waals surface area contributed by atoms with Gasteiger partial charge in [0.2, 0.25) is 5.91 Å². The van der Waals surface area contributed by atoms with Crippen LogP contribution < -0.4 is 15.4 Å². The van der Waals surface area contributed by atoms with E-state index >= 15 is 0 Å². The summed E-state index contributed by atoms with van der Waals surface area (Å²) in [5, 5.41) is 5.52. The molecule has 28 heavy (non-hydrogen) atoms. The molecule has 2 N–H and O–H groups in total. The number of hydrogen-bond donors (Lipinski definition) is 2. The maximum absolute atomic E-state index is 13.1. The van der Waals surface area contributed by atoms with Gasteiger partial charge in [-0.05, 0) is 42.7 Å². The van der Waals surface area contributed by atoms with E-state index in [4.69, 9.17) is 4.74 Å². The molecule has 0 aromatic heterocycles. The molecule has 7 heteroatoms. The van der Waals surface area contributed by atoms with Crippen LogP contribution in [0.15, 0.2) is 48.5 Å². The summed E-state index contributed by atoms with van der Waals surface area (Å²) in [5.74, 6) is -0.217. The third kappa shape index (κ3) is 3.43. The average Bonchev–Trinajstić information content (AvgIpc) is 2.95. The number of ether oxygens (including phenoxy) is 1. The summed E-state index contributed by atoms with van der Waals surface area (Å²) in [6.07, 6.45) is 0.361. The van der Waals surface area contributed by atoms with Crippen molar-refractivity contribution in [1.29, 1.82) is 0 Å². The topological polar surface area (TPSA) is 87.7 Å². The van der Waals surface area contributed by atoms with Crippen LogP contribution in [-0.2, 0) is 15.1 Å². The van der Waals surface area contributed by atoms with Crippen molar-refractivity contribution < 1.29 is 19.1 Å². The van der Waals surface area contributed by atoms with E-state index in [1.165, 1.54) is 0 Å². The maximum atomic E-state index is 13.1. The Morgan fingerprint density at radius 1 is 1.14 bits per heavy atom. The number of hydrogen-bond acceptors (Lipinski definition) is 4. The normalized spacial score (nSPS) is 18.8. The van der Waals surface area contributed by atoms with Crippen molar-refractivity contribution in [3.63, 3.8) is 0 Å². The maximum Gasteiger partial charge on any atom is 0.325 e. The van der Waals surface area contributed by atoms with E-state index in [9.17, 15) is 14.4 Å². The Labute approximate surface area is 163 Å². The smallest absolute Gasteiger partial charge is 0.325 e. The van der Waals surface area contributed by atoms with Gasteiger partial charge in [0.05, 0.1) is 7.11 Å². The standard InChI is InChI=1S/C21H23N3O4/c1-4-21(15-9-11-16(28-3)12-10-15)19(26)24(20(27)23-21)13-18(25)22-17-8-6-5-7-14(17)2/h5-12H,4,13H2,1-3H3,(H,22,25)(H,23,27)/t21-/m0/s1. The molecule has 0 saturated carbocycles. The van der Waals surface area contributed by atoms with E-state index in [1.54, 1.807) is 37.4 Å². The fourth-order valence-corrected chi connectivity index (χ4v) is 3.33. The molecule has 0 aliphatic carbocycles. The summed E-state index contributed by atoms with van der Waals surface area (Å²) >= 11 is 0. The van der Waals surface area contributed by atoms with Crippen LogP contribution in [0.2, 0.25) is 0 Å². The first-order valence-electron chi connectivity index (χ1n) is 9.05. The first-order valence-corrected chi connectivity index (χ1v) is 9.05. The number of aryl methyl sites for hydroxylation is 1. The fourth-order valence-electron chi connectivity index (χ4n) is 3.33. The minimum Gasteiger partial charge on any atom is -0.497 e. The lowest BCUT2D eigenvalue weighted by Crippen LogP contribution is -2.44. The Morgan fingerprint density at radius 2 is 1.82 bits per heavy atom. The van der Waals surface area contributed by atoms with E-state index in [0.29, 0.717) is 23.4 Å². The van der Waals surface area contributed by atoms with Crippen LogP contribution in [0.4, 0.5) is 10.5 Å². The Hall–Kier alpha value is -3.35. The molecule has 0 bridgehead atoms. The number of carbonyl (C=O) groups is 3. The molecule has 146 valence electrons. The van der Waals surface area contributed by atoms with Crippen molar-refractivity contribution in [2.24, 2.45) is 0 Å². The third-order valence-corrected chi connectivity index (χ3v) is 5.01. The van der Waals surface area contributed by atoms with Crippen molar-refractivity contribution in [1.82, 2.24) is 10.2 Å². The number of imide groups is 1. The molecule has 1 aliphatic rings. The molecule has 0 radical (unpaired) electrons. The number of carbonyl (C=O) groups excluding carboxylic acids is 3. The first kappa shape index (κ1) is 19.4. The quantitative estimate of drug-likeness (QED) is 0.753. The summed E-state index contributed by atoms with van der Waals surface area (Å²) in [6.45, 7) is 3.34. The molecule has 4 amide bonds. The highest BCUT2D eigenvalue weighted by Crippen LogP contribution is 2.33. The van der Waals surface area contributed by atoms with Crippen LogP contribution in [-0.4, -0.2) is 36.4 Å². The Kier molecular flexibility index (Phi) is 5.35. The zero-order valence-corrected chi connectivity index (χ0v) is 16.1. The second kappa shape index (κ2) is 7.72. The molecule has 1 fully saturated rings. The molecular formula is C21H23N3O4. The molecule has 1 heterocycles. The second-order valence-electron chi connectivity index (χ2n) is 6.67. The number of nitrogens with zero attached hydrogens (tertiary/aromatic N) is 1. The monoisotopic (exact) mass is 381 g/mol. The minimum absolute atomic E-state index is 0.350. The van der Waals surface area contributed by atoms with Crippen LogP contribution in [0, 0.1) is 6.92 Å². The second-order valence-corrected chi connectivity index (χ2v) is 6.67. The molecule has 7 nitrogen and oxygen atoms in total. The molecule has 0 spiro atoms. The third-order valence-electron chi connectivity index (χ3n) is 5.01. The van der Waals surface area contributed by atoms with Gasteiger partial charge in [-0.3, -0.25) is 14.5 Å². The number of amides is 4. The SMILES string of the molecule is CC[C@@]1(c2ccc(OC)cc2)NC(=O)N(CC(=O)Nc2ccccc2C)C1=O. The molecule has 1 aliphatic heterocycles. The van der Waals surface area contributed by atoms with Gasteiger partial charge >= 0.3 is 6.03 Å². The van der Waals surface area contributed by atoms with Gasteiger partial charge in [0, 0.05) is 5.69 Å². The van der Waals surface area contributed by atoms with Crippen LogP contribution in [0.5, 0.6) is 5.75 Å². The summed E-state index contributed by atoms with van der Waals surface area (Å²) < 4.78 is 5.15. The van der Waals surface area contributed by atoms with Gasteiger partial charge in [0.15, 0.2) is 0 Å². The molecule has 0 unspecified atom stereocenters. The van der Waals surface area contributed by atoms with Crippen molar-refractivity contribution in [3.05, 3.63) is 59.7 Å². The van der Waals surface area contributed by atoms with Gasteiger partial charge in [-0.1, -0.05) is 37.3 Å². The van der Waals surface area contributed by atoms with Crippen LogP contribution in [0.25, 0.3) is 0 Å². The van der Waals surface area contributed by atoms with Gasteiger partial charge in [-0.2, -0.15) is 0 Å². The predicted octanol–water partition coefficient (Wildman–Crippen LogP) is 2.80. The highest BCUT2D eigenvalue weighted by Gasteiger charge is 2.51. The lowest BCUT2D eigenvalue weighted by atomic mass is 9.87. The van der Waals surface area contributed by atoms with E-state index in [0.717, 1.165) is 10.5 Å². The van der Waals surface area contributed by atoms with Crippen LogP contribution >= 0.6 is 0 Å². The molecule has 3 rings (SSSR count). The lowest BCUT2D eigenvalue weighted by Gasteiger charge is -2.26. The zero-order chi connectivity index (χ0) is 20.3. The van der Waals surface area contributed by atoms with Gasteiger partial charge < -0.3 is 15.4 Å². The van der Waals surface area contributed by atoms with Crippen molar-refractivity contribution in [2.75, 3.05) is 19.0 Å². The highest BCUT2D eigenvalue weighted by atomic mass is 16.5. The minimum atomic E-state index is -1.19. The number of methoxy groups -OCH3 is 1. The Bertz CT molecular complexity index is 910. The number of para-hydroxylation sites is 1. The van der Waals surface area contributed by atoms with Gasteiger partial charge in [-0.15, -0.1) is 0 Å². The predicted molar refractivity (Wildman–Crippen MR) is 105 cm³/mol. The van der Waals surface area contributed by atoms with Gasteiger partial charge in [0.1, 0.15) is 17.8 Å². The summed E-state index contributed by atoms with van der Waals surface area (Å²) in [4.78, 5) is 39.0. The lowest BCUT2D eigenvalue weighted by molar-refractivity contribution is -0.134. The van der Waals surface area contributed by atoms with Crippen molar-refractivity contribution >= 4 is 23.5 Å². The number of anilines is 1. The molecular weight excluding hydrogens is 358 g/mol. The molecule has 1 saturated heterocycles. The van der Waals surface area contributed by atoms with Gasteiger partial charge in [0.25, 0.3) is 5.91 Å². The molecule has 1 atom stereocenters. The first-order chi connectivity index (χ1) is 13.4. The van der Waals surface area contributed by atoms with E-state index < -0.39 is 23.4 Å². The number of benzene rings is 2. The van der Waals surface area contributed by atoms with Crippen molar-refractivity contribution in [2.45, 2.75) is 25.8 Å².